The normalized spacial score (nSPS) is 10.8. The number of carbonyl (C=O) groups excluding carboxylic acids is 1. The molecule has 0 aliphatic rings. The summed E-state index contributed by atoms with van der Waals surface area (Å²) in [6, 6.07) is 5.47. The van der Waals surface area contributed by atoms with Crippen LogP contribution in [0.4, 0.5) is 10.1 Å². The van der Waals surface area contributed by atoms with Gasteiger partial charge in [-0.05, 0) is 24.3 Å². The van der Waals surface area contributed by atoms with E-state index in [2.05, 4.69) is 4.98 Å². The van der Waals surface area contributed by atoms with E-state index in [-0.39, 0.29) is 5.56 Å². The van der Waals surface area contributed by atoms with E-state index in [0.29, 0.717) is 21.7 Å². The maximum absolute atomic E-state index is 13.2. The zero-order valence-corrected chi connectivity index (χ0v) is 14.1. The first kappa shape index (κ1) is 16.1. The maximum Gasteiger partial charge on any atom is 0.345 e. The molecule has 0 saturated heterocycles. The molecule has 3 aromatic rings. The van der Waals surface area contributed by atoms with Crippen LogP contribution in [0.5, 0.6) is 0 Å². The van der Waals surface area contributed by atoms with Crippen molar-refractivity contribution >= 4 is 33.3 Å². The Labute approximate surface area is 140 Å². The van der Waals surface area contributed by atoms with Crippen LogP contribution in [0.3, 0.4) is 0 Å². The van der Waals surface area contributed by atoms with E-state index >= 15 is 0 Å². The van der Waals surface area contributed by atoms with Crippen LogP contribution >= 0.6 is 11.3 Å². The van der Waals surface area contributed by atoms with Crippen LogP contribution in [0, 0.1) is 5.82 Å². The molecule has 0 spiro atoms. The highest BCUT2D eigenvalue weighted by molar-refractivity contribution is 7.16. The summed E-state index contributed by atoms with van der Waals surface area (Å²) in [7, 11) is 4.67. The Kier molecular flexibility index (Phi) is 4.06. The number of esters is 1. The number of carbonyl (C=O) groups is 1. The van der Waals surface area contributed by atoms with Crippen LogP contribution in [0.1, 0.15) is 10.4 Å². The molecular formula is C16H14FN3O3S. The summed E-state index contributed by atoms with van der Waals surface area (Å²) < 4.78 is 19.3. The molecule has 0 atom stereocenters. The van der Waals surface area contributed by atoms with Gasteiger partial charge < -0.3 is 9.64 Å². The molecular weight excluding hydrogens is 333 g/mol. The highest BCUT2D eigenvalue weighted by Gasteiger charge is 2.26. The third-order valence-corrected chi connectivity index (χ3v) is 4.36. The van der Waals surface area contributed by atoms with Gasteiger partial charge in [-0.1, -0.05) is 0 Å². The number of fused-ring (bicyclic) bond motifs is 1. The van der Waals surface area contributed by atoms with Crippen LogP contribution in [-0.2, 0) is 4.74 Å². The number of methoxy groups -OCH3 is 1. The number of halogens is 1. The van der Waals surface area contributed by atoms with Crippen molar-refractivity contribution < 1.29 is 13.9 Å². The van der Waals surface area contributed by atoms with Gasteiger partial charge in [-0.25, -0.2) is 14.2 Å². The highest BCUT2D eigenvalue weighted by Crippen LogP contribution is 2.30. The summed E-state index contributed by atoms with van der Waals surface area (Å²) in [5.41, 5.74) is 2.32. The first-order valence-corrected chi connectivity index (χ1v) is 7.87. The summed E-state index contributed by atoms with van der Waals surface area (Å²) in [5, 5.41) is 0. The summed E-state index contributed by atoms with van der Waals surface area (Å²) in [6.45, 7) is 0. The number of anilines is 1. The van der Waals surface area contributed by atoms with Crippen molar-refractivity contribution in [2.75, 3.05) is 26.1 Å². The minimum absolute atomic E-state index is 0.106. The minimum atomic E-state index is -0.741. The molecule has 2 aromatic heterocycles. The summed E-state index contributed by atoms with van der Waals surface area (Å²) in [4.78, 5) is 31.8. The Morgan fingerprint density at radius 3 is 2.54 bits per heavy atom. The number of hydrogen-bond acceptors (Lipinski definition) is 6. The molecule has 8 heteroatoms. The molecule has 24 heavy (non-hydrogen) atoms. The predicted molar refractivity (Wildman–Crippen MR) is 90.8 cm³/mol. The SMILES string of the molecule is COC(=O)c1c(N(C)C)c2ncsc2n(-c2ccc(F)cc2)c1=O. The fourth-order valence-electron chi connectivity index (χ4n) is 2.53. The molecule has 0 saturated carbocycles. The van der Waals surface area contributed by atoms with Gasteiger partial charge in [-0.3, -0.25) is 9.36 Å². The first-order valence-electron chi connectivity index (χ1n) is 6.99. The van der Waals surface area contributed by atoms with Crippen molar-refractivity contribution in [1.29, 1.82) is 0 Å². The zero-order chi connectivity index (χ0) is 17.4. The van der Waals surface area contributed by atoms with Crippen LogP contribution in [0.25, 0.3) is 16.0 Å². The molecule has 0 N–H and O–H groups in total. The average molecular weight is 347 g/mol. The van der Waals surface area contributed by atoms with Gasteiger partial charge in [0.25, 0.3) is 5.56 Å². The second-order valence-electron chi connectivity index (χ2n) is 5.23. The van der Waals surface area contributed by atoms with Gasteiger partial charge in [-0.15, -0.1) is 11.3 Å². The van der Waals surface area contributed by atoms with E-state index in [0.717, 1.165) is 0 Å². The number of aromatic nitrogens is 2. The molecule has 0 fully saturated rings. The monoisotopic (exact) mass is 347 g/mol. The van der Waals surface area contributed by atoms with Crippen molar-refractivity contribution in [2.45, 2.75) is 0 Å². The van der Waals surface area contributed by atoms with Crippen LogP contribution in [0.15, 0.2) is 34.6 Å². The van der Waals surface area contributed by atoms with Gasteiger partial charge in [0.2, 0.25) is 0 Å². The van der Waals surface area contributed by atoms with Crippen molar-refractivity contribution in [2.24, 2.45) is 0 Å². The van der Waals surface area contributed by atoms with E-state index in [1.165, 1.54) is 47.3 Å². The number of rotatable bonds is 3. The van der Waals surface area contributed by atoms with E-state index in [9.17, 15) is 14.0 Å². The van der Waals surface area contributed by atoms with E-state index in [4.69, 9.17) is 4.74 Å². The highest BCUT2D eigenvalue weighted by atomic mass is 32.1. The Bertz CT molecular complexity index is 977. The number of thiazole rings is 1. The van der Waals surface area contributed by atoms with Gasteiger partial charge in [0, 0.05) is 14.1 Å². The lowest BCUT2D eigenvalue weighted by molar-refractivity contribution is 0.0599. The Morgan fingerprint density at radius 2 is 1.96 bits per heavy atom. The fraction of sp³-hybridized carbons (Fsp3) is 0.188. The Morgan fingerprint density at radius 1 is 1.29 bits per heavy atom. The predicted octanol–water partition coefficient (Wildman–Crippen LogP) is 2.44. The lowest BCUT2D eigenvalue weighted by Gasteiger charge is -2.19. The standard InChI is InChI=1S/C16H14FN3O3S/c1-19(2)13-11(16(22)23-3)14(21)20(15-12(13)18-8-24-15)10-6-4-9(17)5-7-10/h4-8H,1-3H3. The minimum Gasteiger partial charge on any atom is -0.465 e. The lowest BCUT2D eigenvalue weighted by Crippen LogP contribution is -2.30. The molecule has 2 heterocycles. The summed E-state index contributed by atoms with van der Waals surface area (Å²) in [6.07, 6.45) is 0. The molecule has 0 amide bonds. The second-order valence-corrected chi connectivity index (χ2v) is 6.07. The molecule has 0 bridgehead atoms. The molecule has 0 aliphatic carbocycles. The topological polar surface area (TPSA) is 64.4 Å². The fourth-order valence-corrected chi connectivity index (χ4v) is 3.34. The van der Waals surface area contributed by atoms with Crippen molar-refractivity contribution in [3.05, 3.63) is 51.5 Å². The third kappa shape index (κ3) is 2.44. The summed E-state index contributed by atoms with van der Waals surface area (Å²) >= 11 is 1.27. The number of ether oxygens (including phenoxy) is 1. The van der Waals surface area contributed by atoms with Gasteiger partial charge in [0.05, 0.1) is 24.0 Å². The van der Waals surface area contributed by atoms with E-state index in [1.807, 2.05) is 0 Å². The average Bonchev–Trinajstić information content (AvgIpc) is 3.02. The second kappa shape index (κ2) is 6.04. The van der Waals surface area contributed by atoms with Gasteiger partial charge in [0.15, 0.2) is 5.56 Å². The molecule has 3 rings (SSSR count). The zero-order valence-electron chi connectivity index (χ0n) is 13.2. The molecule has 0 aliphatic heterocycles. The van der Waals surface area contributed by atoms with Crippen molar-refractivity contribution in [3.63, 3.8) is 0 Å². The van der Waals surface area contributed by atoms with Gasteiger partial charge in [0.1, 0.15) is 16.2 Å². The summed E-state index contributed by atoms with van der Waals surface area (Å²) in [5.74, 6) is -1.15. The Balaban J connectivity index is 2.47. The number of benzene rings is 1. The number of pyridine rings is 1. The number of hydrogen-bond donors (Lipinski definition) is 0. The maximum atomic E-state index is 13.2. The van der Waals surface area contributed by atoms with Crippen molar-refractivity contribution in [1.82, 2.24) is 9.55 Å². The van der Waals surface area contributed by atoms with Crippen LogP contribution < -0.4 is 10.5 Å². The van der Waals surface area contributed by atoms with Gasteiger partial charge >= 0.3 is 5.97 Å². The van der Waals surface area contributed by atoms with E-state index in [1.54, 1.807) is 24.5 Å². The van der Waals surface area contributed by atoms with Crippen LogP contribution in [-0.4, -0.2) is 36.7 Å². The molecule has 124 valence electrons. The van der Waals surface area contributed by atoms with Crippen molar-refractivity contribution in [3.8, 4) is 5.69 Å². The Hall–Kier alpha value is -2.74. The third-order valence-electron chi connectivity index (χ3n) is 3.55. The smallest absolute Gasteiger partial charge is 0.345 e. The van der Waals surface area contributed by atoms with Crippen LogP contribution in [0.2, 0.25) is 0 Å². The van der Waals surface area contributed by atoms with Gasteiger partial charge in [-0.2, -0.15) is 0 Å². The molecule has 1 aromatic carbocycles. The van der Waals surface area contributed by atoms with E-state index < -0.39 is 17.3 Å². The number of nitrogens with zero attached hydrogens (tertiary/aromatic N) is 3. The lowest BCUT2D eigenvalue weighted by atomic mass is 10.2. The molecule has 0 radical (unpaired) electrons. The molecule has 6 nitrogen and oxygen atoms in total. The molecule has 0 unspecified atom stereocenters. The first-order chi connectivity index (χ1) is 11.5. The quantitative estimate of drug-likeness (QED) is 0.681. The largest absolute Gasteiger partial charge is 0.465 e.